The number of phenolic OH excluding ortho intramolecular Hbond substituents is 1. The van der Waals surface area contributed by atoms with Crippen LogP contribution in [0.25, 0.3) is 5.69 Å². The van der Waals surface area contributed by atoms with Crippen LogP contribution in [0, 0.1) is 6.92 Å². The molecule has 4 aromatic rings. The lowest BCUT2D eigenvalue weighted by atomic mass is 9.73. The third kappa shape index (κ3) is 3.78. The van der Waals surface area contributed by atoms with Crippen LogP contribution in [0.1, 0.15) is 56.7 Å². The highest BCUT2D eigenvalue weighted by atomic mass is 32.1. The van der Waals surface area contributed by atoms with Gasteiger partial charge in [0.25, 0.3) is 0 Å². The number of phenols is 1. The monoisotopic (exact) mass is 527 g/mol. The van der Waals surface area contributed by atoms with Crippen molar-refractivity contribution in [1.82, 2.24) is 9.78 Å². The highest BCUT2D eigenvalue weighted by Crippen LogP contribution is 2.50. The Morgan fingerprint density at radius 3 is 2.68 bits per heavy atom. The number of anilines is 1. The summed E-state index contributed by atoms with van der Waals surface area (Å²) in [5, 5.41) is 30.7. The predicted octanol–water partition coefficient (Wildman–Crippen LogP) is 5.61. The first-order valence-electron chi connectivity index (χ1n) is 12.2. The maximum atomic E-state index is 13.8. The van der Waals surface area contributed by atoms with E-state index in [-0.39, 0.29) is 23.0 Å². The first-order chi connectivity index (χ1) is 18.4. The minimum atomic E-state index is -1.06. The van der Waals surface area contributed by atoms with Crippen molar-refractivity contribution >= 4 is 28.9 Å². The molecule has 1 aliphatic heterocycles. The molecule has 3 N–H and O–H groups in total. The van der Waals surface area contributed by atoms with E-state index in [4.69, 9.17) is 9.84 Å². The smallest absolute Gasteiger partial charge is 0.337 e. The van der Waals surface area contributed by atoms with Gasteiger partial charge in [0, 0.05) is 40.0 Å². The molecule has 0 radical (unpaired) electrons. The third-order valence-corrected chi connectivity index (χ3v) is 8.34. The molecule has 3 heterocycles. The highest BCUT2D eigenvalue weighted by Gasteiger charge is 2.41. The quantitative estimate of drug-likeness (QED) is 0.309. The SMILES string of the molecule is COc1ccc([C@@H]2C3=C(C[C@H](c4cccs4)CC3=O)Nc3c2c(C)nn3-c2ccccc2C(=O)O)cc1O. The lowest BCUT2D eigenvalue weighted by Crippen LogP contribution is -2.30. The molecule has 2 aromatic carbocycles. The van der Waals surface area contributed by atoms with Gasteiger partial charge in [0.05, 0.1) is 24.1 Å². The number of hydrogen-bond donors (Lipinski definition) is 3. The van der Waals surface area contributed by atoms with Gasteiger partial charge < -0.3 is 20.3 Å². The molecule has 0 bridgehead atoms. The summed E-state index contributed by atoms with van der Waals surface area (Å²) in [7, 11) is 1.49. The van der Waals surface area contributed by atoms with E-state index >= 15 is 0 Å². The zero-order chi connectivity index (χ0) is 26.6. The lowest BCUT2D eigenvalue weighted by Gasteiger charge is -2.35. The number of aromatic hydroxyl groups is 1. The number of carboxylic acid groups (broad SMARTS) is 1. The number of thiophene rings is 1. The Bertz CT molecular complexity index is 1620. The van der Waals surface area contributed by atoms with Crippen LogP contribution in [0.5, 0.6) is 11.5 Å². The van der Waals surface area contributed by atoms with E-state index in [0.29, 0.717) is 41.4 Å². The first-order valence-corrected chi connectivity index (χ1v) is 13.1. The van der Waals surface area contributed by atoms with Crippen molar-refractivity contribution in [3.63, 3.8) is 0 Å². The molecule has 0 spiro atoms. The maximum absolute atomic E-state index is 13.8. The fourth-order valence-corrected chi connectivity index (χ4v) is 6.47. The minimum Gasteiger partial charge on any atom is -0.504 e. The number of carbonyl (C=O) groups excluding carboxylic acids is 1. The average Bonchev–Trinajstić information content (AvgIpc) is 3.56. The Morgan fingerprint density at radius 1 is 1.16 bits per heavy atom. The van der Waals surface area contributed by atoms with Gasteiger partial charge in [-0.2, -0.15) is 5.10 Å². The van der Waals surface area contributed by atoms with E-state index < -0.39 is 11.9 Å². The zero-order valence-electron chi connectivity index (χ0n) is 20.8. The molecule has 2 aromatic heterocycles. The topological polar surface area (TPSA) is 114 Å². The van der Waals surface area contributed by atoms with Crippen molar-refractivity contribution in [3.8, 4) is 17.2 Å². The van der Waals surface area contributed by atoms with Gasteiger partial charge in [0.1, 0.15) is 5.82 Å². The number of hydrogen-bond acceptors (Lipinski definition) is 7. The number of ether oxygens (including phenoxy) is 1. The number of para-hydroxylation sites is 1. The second-order valence-electron chi connectivity index (χ2n) is 9.51. The number of ketones is 1. The van der Waals surface area contributed by atoms with Crippen LogP contribution in [0.2, 0.25) is 0 Å². The van der Waals surface area contributed by atoms with E-state index in [9.17, 15) is 19.8 Å². The molecule has 9 heteroatoms. The Balaban J connectivity index is 1.57. The Hall–Kier alpha value is -4.37. The number of nitrogens with one attached hydrogen (secondary N) is 1. The fourth-order valence-electron chi connectivity index (χ4n) is 5.63. The molecule has 0 saturated carbocycles. The number of Topliss-reactive ketones (excluding diaryl/α,β-unsaturated/α-hetero) is 1. The van der Waals surface area contributed by atoms with Gasteiger partial charge in [-0.25, -0.2) is 9.48 Å². The number of nitrogens with zero attached hydrogens (tertiary/aromatic N) is 2. The average molecular weight is 528 g/mol. The second kappa shape index (κ2) is 9.18. The summed E-state index contributed by atoms with van der Waals surface area (Å²) in [5.74, 6) is -0.512. The number of fused-ring (bicyclic) bond motifs is 1. The molecular weight excluding hydrogens is 502 g/mol. The number of rotatable bonds is 5. The third-order valence-electron chi connectivity index (χ3n) is 7.31. The largest absolute Gasteiger partial charge is 0.504 e. The van der Waals surface area contributed by atoms with Crippen molar-refractivity contribution in [2.75, 3.05) is 12.4 Å². The van der Waals surface area contributed by atoms with Crippen molar-refractivity contribution < 1.29 is 24.5 Å². The number of aromatic carboxylic acids is 1. The maximum Gasteiger partial charge on any atom is 0.337 e. The Kier molecular flexibility index (Phi) is 5.80. The summed E-state index contributed by atoms with van der Waals surface area (Å²) in [4.78, 5) is 27.0. The fraction of sp³-hybridized carbons (Fsp3) is 0.207. The number of aromatic nitrogens is 2. The standard InChI is InChI=1S/C29H25N3O5S/c1-15-25-26(16-9-10-23(37-2)21(33)13-16)27-19(12-17(14-22(27)34)24-8-5-11-38-24)30-28(25)32(31-15)20-7-4-3-6-18(20)29(35)36/h3-11,13,17,26,30,33H,12,14H2,1-2H3,(H,35,36)/t17-,26-/m0/s1. The molecule has 0 fully saturated rings. The van der Waals surface area contributed by atoms with Crippen molar-refractivity contribution in [3.05, 3.63) is 98.5 Å². The van der Waals surface area contributed by atoms with E-state index in [1.54, 1.807) is 52.4 Å². The summed E-state index contributed by atoms with van der Waals surface area (Å²) in [6, 6.07) is 15.9. The second-order valence-corrected chi connectivity index (χ2v) is 10.5. The van der Waals surface area contributed by atoms with Crippen molar-refractivity contribution in [2.45, 2.75) is 31.6 Å². The summed E-state index contributed by atoms with van der Waals surface area (Å²) in [6.07, 6.45) is 1.02. The Labute approximate surface area is 222 Å². The van der Waals surface area contributed by atoms with Gasteiger partial charge in [-0.15, -0.1) is 11.3 Å². The number of carboxylic acids is 1. The molecule has 2 atom stereocenters. The zero-order valence-corrected chi connectivity index (χ0v) is 21.6. The normalized spacial score (nSPS) is 18.5. The summed E-state index contributed by atoms with van der Waals surface area (Å²) in [6.45, 7) is 1.85. The van der Waals surface area contributed by atoms with E-state index in [2.05, 4.69) is 11.4 Å². The van der Waals surface area contributed by atoms with Crippen molar-refractivity contribution in [1.29, 1.82) is 0 Å². The number of benzene rings is 2. The molecular formula is C29H25N3O5S. The minimum absolute atomic E-state index is 0.0202. The number of allylic oxidation sites excluding steroid dienone is 2. The van der Waals surface area contributed by atoms with E-state index in [1.165, 1.54) is 7.11 Å². The van der Waals surface area contributed by atoms with Crippen LogP contribution in [-0.2, 0) is 4.79 Å². The van der Waals surface area contributed by atoms with Crippen LogP contribution in [0.3, 0.4) is 0 Å². The predicted molar refractivity (Wildman–Crippen MR) is 144 cm³/mol. The molecule has 8 nitrogen and oxygen atoms in total. The number of aryl methyl sites for hydroxylation is 1. The van der Waals surface area contributed by atoms with Gasteiger partial charge in [-0.3, -0.25) is 4.79 Å². The van der Waals surface area contributed by atoms with Gasteiger partial charge >= 0.3 is 5.97 Å². The van der Waals surface area contributed by atoms with E-state index in [0.717, 1.165) is 21.7 Å². The van der Waals surface area contributed by atoms with Crippen LogP contribution in [-0.4, -0.2) is 38.9 Å². The molecule has 38 heavy (non-hydrogen) atoms. The summed E-state index contributed by atoms with van der Waals surface area (Å²) >= 11 is 1.64. The number of methoxy groups -OCH3 is 1. The van der Waals surface area contributed by atoms with Gasteiger partial charge in [-0.1, -0.05) is 24.3 Å². The van der Waals surface area contributed by atoms with E-state index in [1.807, 2.05) is 24.4 Å². The van der Waals surface area contributed by atoms with Gasteiger partial charge in [0.15, 0.2) is 17.3 Å². The van der Waals surface area contributed by atoms with Gasteiger partial charge in [0.2, 0.25) is 0 Å². The van der Waals surface area contributed by atoms with Crippen molar-refractivity contribution in [2.24, 2.45) is 0 Å². The number of carbonyl (C=O) groups is 2. The molecule has 2 aliphatic rings. The highest BCUT2D eigenvalue weighted by molar-refractivity contribution is 7.10. The van der Waals surface area contributed by atoms with Crippen LogP contribution >= 0.6 is 11.3 Å². The summed E-state index contributed by atoms with van der Waals surface area (Å²) < 4.78 is 6.87. The lowest BCUT2D eigenvalue weighted by molar-refractivity contribution is -0.116. The van der Waals surface area contributed by atoms with Crippen LogP contribution in [0.15, 0.2) is 71.2 Å². The molecule has 6 rings (SSSR count). The first kappa shape index (κ1) is 24.0. The molecule has 0 unspecified atom stereocenters. The van der Waals surface area contributed by atoms with Crippen LogP contribution in [0.4, 0.5) is 5.82 Å². The Morgan fingerprint density at radius 2 is 1.97 bits per heavy atom. The molecule has 0 saturated heterocycles. The summed E-state index contributed by atoms with van der Waals surface area (Å²) in [5.41, 5.74) is 4.16. The van der Waals surface area contributed by atoms with Gasteiger partial charge in [-0.05, 0) is 54.6 Å². The molecule has 0 amide bonds. The molecule has 192 valence electrons. The molecule has 1 aliphatic carbocycles. The van der Waals surface area contributed by atoms with Crippen LogP contribution < -0.4 is 10.1 Å².